The van der Waals surface area contributed by atoms with Crippen molar-refractivity contribution in [1.82, 2.24) is 10.3 Å². The van der Waals surface area contributed by atoms with Crippen LogP contribution in [0.1, 0.15) is 49.0 Å². The van der Waals surface area contributed by atoms with Crippen LogP contribution in [0.4, 0.5) is 0 Å². The minimum absolute atomic E-state index is 0.510. The van der Waals surface area contributed by atoms with E-state index in [4.69, 9.17) is 0 Å². The molecule has 96 valence electrons. The molecule has 0 radical (unpaired) electrons. The Balaban J connectivity index is 2.08. The molecule has 4 unspecified atom stereocenters. The van der Waals surface area contributed by atoms with Crippen LogP contribution in [-0.4, -0.2) is 12.0 Å². The van der Waals surface area contributed by atoms with Gasteiger partial charge in [-0.15, -0.1) is 11.3 Å². The Morgan fingerprint density at radius 2 is 2.12 bits per heavy atom. The smallest absolute Gasteiger partial charge is 0.0897 e. The second-order valence-corrected chi connectivity index (χ2v) is 6.84. The second kappa shape index (κ2) is 5.49. The number of aryl methyl sites for hydroxylation is 1. The van der Waals surface area contributed by atoms with Gasteiger partial charge >= 0.3 is 0 Å². The maximum atomic E-state index is 4.39. The summed E-state index contributed by atoms with van der Waals surface area (Å²) in [5.74, 6) is 2.54. The van der Waals surface area contributed by atoms with Gasteiger partial charge in [-0.05, 0) is 44.6 Å². The van der Waals surface area contributed by atoms with Crippen LogP contribution in [-0.2, 0) is 0 Å². The lowest BCUT2D eigenvalue weighted by Crippen LogP contribution is -2.31. The summed E-state index contributed by atoms with van der Waals surface area (Å²) in [6.45, 7) is 6.89. The van der Waals surface area contributed by atoms with Crippen LogP contribution in [0.2, 0.25) is 0 Å². The first kappa shape index (κ1) is 13.0. The number of hydrogen-bond donors (Lipinski definition) is 1. The van der Waals surface area contributed by atoms with Crippen molar-refractivity contribution in [2.24, 2.45) is 17.8 Å². The molecule has 0 aromatic carbocycles. The fourth-order valence-corrected chi connectivity index (χ4v) is 4.01. The van der Waals surface area contributed by atoms with Crippen LogP contribution in [0.15, 0.2) is 6.20 Å². The van der Waals surface area contributed by atoms with Crippen molar-refractivity contribution in [2.75, 3.05) is 7.05 Å². The minimum Gasteiger partial charge on any atom is -0.312 e. The van der Waals surface area contributed by atoms with Gasteiger partial charge < -0.3 is 5.32 Å². The molecule has 1 saturated carbocycles. The van der Waals surface area contributed by atoms with Crippen LogP contribution < -0.4 is 5.32 Å². The molecule has 17 heavy (non-hydrogen) atoms. The first-order valence-corrected chi connectivity index (χ1v) is 7.53. The molecular weight excluding hydrogens is 228 g/mol. The highest BCUT2D eigenvalue weighted by atomic mass is 32.1. The molecule has 1 heterocycles. The fourth-order valence-electron chi connectivity index (χ4n) is 3.02. The molecule has 0 saturated heterocycles. The van der Waals surface area contributed by atoms with E-state index in [0.717, 1.165) is 17.8 Å². The van der Waals surface area contributed by atoms with E-state index in [-0.39, 0.29) is 0 Å². The number of thiazole rings is 1. The van der Waals surface area contributed by atoms with E-state index in [1.165, 1.54) is 29.1 Å². The van der Waals surface area contributed by atoms with Crippen molar-refractivity contribution in [1.29, 1.82) is 0 Å². The summed E-state index contributed by atoms with van der Waals surface area (Å²) in [6, 6.07) is 0.510. The van der Waals surface area contributed by atoms with Crippen molar-refractivity contribution in [2.45, 2.75) is 46.1 Å². The quantitative estimate of drug-likeness (QED) is 0.885. The largest absolute Gasteiger partial charge is 0.312 e. The lowest BCUT2D eigenvalue weighted by molar-refractivity contribution is 0.176. The molecule has 0 bridgehead atoms. The summed E-state index contributed by atoms with van der Waals surface area (Å²) < 4.78 is 0. The Kier molecular flexibility index (Phi) is 4.21. The molecule has 4 atom stereocenters. The van der Waals surface area contributed by atoms with E-state index in [9.17, 15) is 0 Å². The molecule has 3 heteroatoms. The van der Waals surface area contributed by atoms with Gasteiger partial charge in [-0.2, -0.15) is 0 Å². The molecule has 1 aromatic heterocycles. The maximum absolute atomic E-state index is 4.39. The van der Waals surface area contributed by atoms with E-state index in [0.29, 0.717) is 6.04 Å². The second-order valence-electron chi connectivity index (χ2n) is 5.58. The van der Waals surface area contributed by atoms with Crippen LogP contribution in [0, 0.1) is 24.7 Å². The van der Waals surface area contributed by atoms with E-state index >= 15 is 0 Å². The first-order valence-electron chi connectivity index (χ1n) is 6.71. The number of nitrogens with one attached hydrogen (secondary N) is 1. The Hall–Kier alpha value is -0.410. The highest BCUT2D eigenvalue weighted by Gasteiger charge is 2.30. The van der Waals surface area contributed by atoms with Crippen LogP contribution in [0.25, 0.3) is 0 Å². The maximum Gasteiger partial charge on any atom is 0.0897 e. The lowest BCUT2D eigenvalue weighted by atomic mass is 9.73. The summed E-state index contributed by atoms with van der Waals surface area (Å²) >= 11 is 1.84. The predicted molar refractivity (Wildman–Crippen MR) is 74.3 cm³/mol. The van der Waals surface area contributed by atoms with Gasteiger partial charge in [-0.25, -0.2) is 4.98 Å². The molecule has 0 amide bonds. The highest BCUT2D eigenvalue weighted by molar-refractivity contribution is 7.11. The highest BCUT2D eigenvalue weighted by Crippen LogP contribution is 2.40. The molecule has 0 spiro atoms. The molecule has 1 aliphatic carbocycles. The number of rotatable bonds is 3. The van der Waals surface area contributed by atoms with Crippen molar-refractivity contribution in [3.8, 4) is 0 Å². The van der Waals surface area contributed by atoms with Gasteiger partial charge in [0.2, 0.25) is 0 Å². The predicted octanol–water partition coefficient (Wildman–Crippen LogP) is 3.78. The van der Waals surface area contributed by atoms with E-state index in [2.05, 4.69) is 44.3 Å². The Bertz CT molecular complexity index is 361. The van der Waals surface area contributed by atoms with Crippen molar-refractivity contribution >= 4 is 11.3 Å². The summed E-state index contributed by atoms with van der Waals surface area (Å²) in [4.78, 5) is 5.81. The molecule has 1 aliphatic rings. The average molecular weight is 252 g/mol. The van der Waals surface area contributed by atoms with Crippen molar-refractivity contribution in [3.05, 3.63) is 16.1 Å². The molecule has 2 nitrogen and oxygen atoms in total. The normalized spacial score (nSPS) is 31.4. The Labute approximate surface area is 109 Å². The zero-order valence-corrected chi connectivity index (χ0v) is 12.2. The zero-order valence-electron chi connectivity index (χ0n) is 11.4. The number of nitrogens with zero attached hydrogens (tertiary/aromatic N) is 1. The van der Waals surface area contributed by atoms with E-state index < -0.39 is 0 Å². The molecule has 1 N–H and O–H groups in total. The minimum atomic E-state index is 0.510. The lowest BCUT2D eigenvalue weighted by Gasteiger charge is -2.36. The van der Waals surface area contributed by atoms with Crippen molar-refractivity contribution < 1.29 is 0 Å². The molecule has 0 aliphatic heterocycles. The van der Waals surface area contributed by atoms with Gasteiger partial charge in [-0.3, -0.25) is 0 Å². The fraction of sp³-hybridized carbons (Fsp3) is 0.786. The molecule has 2 rings (SSSR count). The third-order valence-electron chi connectivity index (χ3n) is 4.37. The van der Waals surface area contributed by atoms with Gasteiger partial charge in [0.05, 0.1) is 5.01 Å². The monoisotopic (exact) mass is 252 g/mol. The average Bonchev–Trinajstić information content (AvgIpc) is 2.71. The number of hydrogen-bond acceptors (Lipinski definition) is 3. The van der Waals surface area contributed by atoms with Gasteiger partial charge in [-0.1, -0.05) is 20.3 Å². The third kappa shape index (κ3) is 2.89. The topological polar surface area (TPSA) is 24.9 Å². The Morgan fingerprint density at radius 3 is 2.65 bits per heavy atom. The molecule has 1 aromatic rings. The Morgan fingerprint density at radius 1 is 1.35 bits per heavy atom. The first-order chi connectivity index (χ1) is 8.11. The van der Waals surface area contributed by atoms with Gasteiger partial charge in [0.15, 0.2) is 0 Å². The third-order valence-corrected chi connectivity index (χ3v) is 5.36. The van der Waals surface area contributed by atoms with Crippen LogP contribution in [0.3, 0.4) is 0 Å². The summed E-state index contributed by atoms with van der Waals surface area (Å²) in [7, 11) is 2.09. The van der Waals surface area contributed by atoms with Gasteiger partial charge in [0.1, 0.15) is 0 Å². The summed E-state index contributed by atoms with van der Waals surface area (Å²) in [6.07, 6.45) is 6.14. The summed E-state index contributed by atoms with van der Waals surface area (Å²) in [5.41, 5.74) is 0. The zero-order chi connectivity index (χ0) is 12.4. The van der Waals surface area contributed by atoms with E-state index in [1.54, 1.807) is 0 Å². The van der Waals surface area contributed by atoms with Gasteiger partial charge in [0.25, 0.3) is 0 Å². The van der Waals surface area contributed by atoms with Crippen LogP contribution in [0.5, 0.6) is 0 Å². The standard InChI is InChI=1S/C14H24N2S/c1-9-5-6-12(7-10(9)2)14(15-4)13-8-16-11(3)17-13/h8-10,12,14-15H,5-7H2,1-4H3. The molecule has 1 fully saturated rings. The van der Waals surface area contributed by atoms with Crippen molar-refractivity contribution in [3.63, 3.8) is 0 Å². The van der Waals surface area contributed by atoms with E-state index in [1.807, 2.05) is 11.3 Å². The number of aromatic nitrogens is 1. The SMILES string of the molecule is CNC(c1cnc(C)s1)C1CCC(C)C(C)C1. The summed E-state index contributed by atoms with van der Waals surface area (Å²) in [5, 5.41) is 4.69. The van der Waals surface area contributed by atoms with Gasteiger partial charge in [0, 0.05) is 17.1 Å². The molecular formula is C14H24N2S. The van der Waals surface area contributed by atoms with Crippen LogP contribution >= 0.6 is 11.3 Å².